The van der Waals surface area contributed by atoms with E-state index >= 15 is 0 Å². The van der Waals surface area contributed by atoms with Gasteiger partial charge in [-0.2, -0.15) is 4.98 Å². The summed E-state index contributed by atoms with van der Waals surface area (Å²) in [6.07, 6.45) is 7.83. The zero-order valence-corrected chi connectivity index (χ0v) is 40.5. The fraction of sp³-hybridized carbons (Fsp3) is 0.326. The summed E-state index contributed by atoms with van der Waals surface area (Å²) in [6.45, 7) is 11.1. The number of carbonyl (C=O) groups excluding carboxylic acids is 5. The van der Waals surface area contributed by atoms with Gasteiger partial charge in [-0.1, -0.05) is 23.4 Å². The number of hydrogen-bond donors (Lipinski definition) is 4. The molecule has 5 aromatic rings. The molecule has 2 aromatic carbocycles. The zero-order chi connectivity index (χ0) is 48.6. The number of esters is 1. The Labute approximate surface area is 406 Å². The van der Waals surface area contributed by atoms with Gasteiger partial charge in [-0.3, -0.25) is 19.2 Å². The fourth-order valence-corrected chi connectivity index (χ4v) is 7.85. The van der Waals surface area contributed by atoms with Crippen LogP contribution in [0.4, 0.5) is 34.5 Å². The third-order valence-corrected chi connectivity index (χ3v) is 11.8. The number of anilines is 6. The maximum Gasteiger partial charge on any atom is 0.342 e. The molecule has 2 aliphatic heterocycles. The van der Waals surface area contributed by atoms with E-state index < -0.39 is 17.8 Å². The van der Waals surface area contributed by atoms with E-state index in [0.717, 1.165) is 48.9 Å². The van der Waals surface area contributed by atoms with Gasteiger partial charge in [0.1, 0.15) is 27.1 Å². The van der Waals surface area contributed by atoms with Gasteiger partial charge in [-0.15, -0.1) is 11.8 Å². The number of halogens is 2. The first kappa shape index (κ1) is 51.5. The maximum atomic E-state index is 12.1. The summed E-state index contributed by atoms with van der Waals surface area (Å²) in [7, 11) is 0. The summed E-state index contributed by atoms with van der Waals surface area (Å²) >= 11 is 13.9. The van der Waals surface area contributed by atoms with Crippen LogP contribution in [0.5, 0.6) is 0 Å². The molecule has 7 rings (SSSR count). The number of benzene rings is 2. The van der Waals surface area contributed by atoms with Crippen molar-refractivity contribution >= 4 is 111 Å². The topological polar surface area (TPSA) is 261 Å². The van der Waals surface area contributed by atoms with Crippen LogP contribution < -0.4 is 31.9 Å². The van der Waals surface area contributed by atoms with Crippen molar-refractivity contribution in [2.75, 3.05) is 91.9 Å². The van der Waals surface area contributed by atoms with Crippen LogP contribution >= 0.6 is 46.7 Å². The Morgan fingerprint density at radius 2 is 1.13 bits per heavy atom. The summed E-state index contributed by atoms with van der Waals surface area (Å²) in [6, 6.07) is 15.8. The average Bonchev–Trinajstić information content (AvgIpc) is 3.32. The average molecular weight is 994 g/mol. The van der Waals surface area contributed by atoms with Crippen molar-refractivity contribution in [3.63, 3.8) is 0 Å². The monoisotopic (exact) mass is 992 g/mol. The standard InChI is InChI=1S/C29H35N9O3.C7H6Cl2N2O2.C7H9N3OS2/c1-20(39)35-11-15-37(16-12-35)24-7-3-22(4-8-24)32-28-26(27(30)41)19-31-29(34-28)33-23-5-9-25(10-6-23)38-17-13-36(14-18-38)21(2)40;1-2-13-6(12)4-3-10-7(9)11-5(4)8;1-12-6-4(5(8)11)3-9-7(10-6)13-2/h3-10,19H,11-18H2,1-2H3,(H2,30,41)(H2,31,32,33,34);3H,2H2,1H3;3H,1-2H3,(H2,8,11). The number of hydrogen-bond acceptors (Lipinski definition) is 18. The van der Waals surface area contributed by atoms with E-state index in [2.05, 4.69) is 50.3 Å². The van der Waals surface area contributed by atoms with Crippen LogP contribution in [-0.2, 0) is 14.3 Å². The molecule has 0 radical (unpaired) electrons. The van der Waals surface area contributed by atoms with Crippen LogP contribution in [0.3, 0.4) is 0 Å². The predicted molar refractivity (Wildman–Crippen MR) is 261 cm³/mol. The molecule has 20 nitrogen and oxygen atoms in total. The highest BCUT2D eigenvalue weighted by molar-refractivity contribution is 7.99. The quantitative estimate of drug-likeness (QED) is 0.0529. The molecule has 2 saturated heterocycles. The lowest BCUT2D eigenvalue weighted by Crippen LogP contribution is -2.48. The van der Waals surface area contributed by atoms with Crippen LogP contribution in [-0.4, -0.2) is 141 Å². The molecule has 0 atom stereocenters. The Morgan fingerprint density at radius 1 is 0.642 bits per heavy atom. The van der Waals surface area contributed by atoms with Gasteiger partial charge in [0.15, 0.2) is 5.16 Å². The fourth-order valence-electron chi connectivity index (χ4n) is 6.51. The first-order valence-corrected chi connectivity index (χ1v) is 23.8. The van der Waals surface area contributed by atoms with Gasteiger partial charge in [0.25, 0.3) is 11.8 Å². The first-order chi connectivity index (χ1) is 32.1. The number of aromatic nitrogens is 6. The van der Waals surface area contributed by atoms with E-state index in [1.165, 1.54) is 42.1 Å². The molecule has 3 aromatic heterocycles. The van der Waals surface area contributed by atoms with Gasteiger partial charge < -0.3 is 46.4 Å². The molecular weight excluding hydrogens is 944 g/mol. The van der Waals surface area contributed by atoms with Gasteiger partial charge in [-0.05, 0) is 79.6 Å². The second-order valence-corrected chi connectivity index (χ2v) is 16.6. The number of piperazine rings is 2. The molecule has 67 heavy (non-hydrogen) atoms. The van der Waals surface area contributed by atoms with Crippen molar-refractivity contribution in [1.82, 2.24) is 39.7 Å². The van der Waals surface area contributed by atoms with Gasteiger partial charge in [-0.25, -0.2) is 29.7 Å². The van der Waals surface area contributed by atoms with E-state index in [9.17, 15) is 24.0 Å². The molecule has 354 valence electrons. The highest BCUT2D eigenvalue weighted by Crippen LogP contribution is 2.26. The van der Waals surface area contributed by atoms with Crippen LogP contribution in [0.1, 0.15) is 51.8 Å². The van der Waals surface area contributed by atoms with Crippen molar-refractivity contribution in [3.8, 4) is 0 Å². The molecule has 0 aliphatic carbocycles. The number of nitrogens with one attached hydrogen (secondary N) is 2. The van der Waals surface area contributed by atoms with Gasteiger partial charge >= 0.3 is 5.97 Å². The van der Waals surface area contributed by atoms with Crippen LogP contribution in [0, 0.1) is 0 Å². The summed E-state index contributed by atoms with van der Waals surface area (Å²) in [5, 5.41) is 7.67. The highest BCUT2D eigenvalue weighted by atomic mass is 35.5. The van der Waals surface area contributed by atoms with Crippen LogP contribution in [0.15, 0.2) is 77.3 Å². The molecule has 5 heterocycles. The SMILES string of the molecule is CC(=O)N1CCN(c2ccc(Nc3ncc(C(N)=O)c(Nc4ccc(N5CCN(C(C)=O)CC5)cc4)n3)cc2)CC1.CCOC(=O)c1cnc(Cl)nc1Cl.CSc1ncc(C(N)=O)c(SC)n1. The predicted octanol–water partition coefficient (Wildman–Crippen LogP) is 5.38. The molecule has 0 spiro atoms. The number of carbonyl (C=O) groups is 5. The highest BCUT2D eigenvalue weighted by Gasteiger charge is 2.21. The second kappa shape index (κ2) is 24.9. The van der Waals surface area contributed by atoms with E-state index in [1.807, 2.05) is 70.8 Å². The van der Waals surface area contributed by atoms with E-state index in [-0.39, 0.29) is 40.0 Å². The molecule has 0 saturated carbocycles. The normalized spacial score (nSPS) is 13.3. The Kier molecular flexibility index (Phi) is 19.1. The zero-order valence-electron chi connectivity index (χ0n) is 37.4. The van der Waals surface area contributed by atoms with Crippen LogP contribution in [0.25, 0.3) is 0 Å². The minimum atomic E-state index is -0.631. The molecule has 4 amide bonds. The summed E-state index contributed by atoms with van der Waals surface area (Å²) in [4.78, 5) is 89.7. The third kappa shape index (κ3) is 14.8. The number of nitrogens with two attached hydrogens (primary N) is 2. The lowest BCUT2D eigenvalue weighted by molar-refractivity contribution is -0.129. The number of amides is 4. The maximum absolute atomic E-state index is 12.1. The molecule has 6 N–H and O–H groups in total. The van der Waals surface area contributed by atoms with Gasteiger partial charge in [0, 0.05) is 108 Å². The van der Waals surface area contributed by atoms with E-state index in [4.69, 9.17) is 39.4 Å². The number of rotatable bonds is 12. The number of primary amides is 2. The largest absolute Gasteiger partial charge is 0.462 e. The van der Waals surface area contributed by atoms with Gasteiger partial charge in [0.05, 0.1) is 12.2 Å². The molecule has 24 heteroatoms. The third-order valence-electron chi connectivity index (χ3n) is 10.1. The summed E-state index contributed by atoms with van der Waals surface area (Å²) in [5.41, 5.74) is 15.1. The minimum absolute atomic E-state index is 0.00144. The van der Waals surface area contributed by atoms with E-state index in [1.54, 1.807) is 20.8 Å². The summed E-state index contributed by atoms with van der Waals surface area (Å²) in [5.74, 6) is -0.837. The number of nitrogens with zero attached hydrogens (tertiary/aromatic N) is 10. The van der Waals surface area contributed by atoms with Crippen LogP contribution in [0.2, 0.25) is 10.4 Å². The molecule has 0 unspecified atom stereocenters. The Balaban J connectivity index is 0.000000262. The number of thioether (sulfide) groups is 2. The van der Waals surface area contributed by atoms with Crippen molar-refractivity contribution in [3.05, 3.63) is 94.2 Å². The van der Waals surface area contributed by atoms with Crippen molar-refractivity contribution in [2.45, 2.75) is 31.0 Å². The Morgan fingerprint density at radius 3 is 1.58 bits per heavy atom. The van der Waals surface area contributed by atoms with Crippen molar-refractivity contribution in [1.29, 1.82) is 0 Å². The molecule has 2 aliphatic rings. The Bertz CT molecular complexity index is 2530. The second-order valence-electron chi connectivity index (χ2n) is 14.4. The molecule has 0 bridgehead atoms. The van der Waals surface area contributed by atoms with E-state index in [0.29, 0.717) is 53.7 Å². The Hall–Kier alpha value is -6.49. The lowest BCUT2D eigenvalue weighted by atomic mass is 10.2. The lowest BCUT2D eigenvalue weighted by Gasteiger charge is -2.35. The van der Waals surface area contributed by atoms with Gasteiger partial charge in [0.2, 0.25) is 23.0 Å². The number of ether oxygens (including phenoxy) is 1. The molecule has 2 fully saturated rings. The molecular formula is C43H50Cl2N14O6S2. The first-order valence-electron chi connectivity index (χ1n) is 20.6. The van der Waals surface area contributed by atoms with Crippen molar-refractivity contribution < 1.29 is 28.7 Å². The smallest absolute Gasteiger partial charge is 0.342 e. The summed E-state index contributed by atoms with van der Waals surface area (Å²) < 4.78 is 4.70. The minimum Gasteiger partial charge on any atom is -0.462 e. The van der Waals surface area contributed by atoms with Crippen molar-refractivity contribution in [2.24, 2.45) is 11.5 Å².